The first-order valence-corrected chi connectivity index (χ1v) is 4.41. The predicted octanol–water partition coefficient (Wildman–Crippen LogP) is -0.0430. The molecule has 1 unspecified atom stereocenters. The van der Waals surface area contributed by atoms with Gasteiger partial charge in [-0.05, 0) is 19.1 Å². The van der Waals surface area contributed by atoms with Gasteiger partial charge in [0.2, 0.25) is 0 Å². The van der Waals surface area contributed by atoms with Crippen LogP contribution in [0.25, 0.3) is 0 Å². The second kappa shape index (κ2) is 5.43. The molecule has 1 aliphatic rings. The molecule has 0 bridgehead atoms. The molecule has 14 heavy (non-hydrogen) atoms. The number of rotatable bonds is 4. The maximum absolute atomic E-state index is 5.29. The molecular weight excluding hydrogens is 186 g/mol. The van der Waals surface area contributed by atoms with Gasteiger partial charge in [0.05, 0.1) is 6.04 Å². The van der Waals surface area contributed by atoms with Gasteiger partial charge in [-0.15, -0.1) is 0 Å². The van der Waals surface area contributed by atoms with Crippen LogP contribution in [0.1, 0.15) is 6.92 Å². The summed E-state index contributed by atoms with van der Waals surface area (Å²) in [5.74, 6) is 0.375. The number of nitrogens with one attached hydrogen (secondary N) is 1. The highest BCUT2D eigenvalue weighted by atomic mass is 16.7. The summed E-state index contributed by atoms with van der Waals surface area (Å²) < 4.78 is 5.29. The Morgan fingerprint density at radius 2 is 2.43 bits per heavy atom. The maximum Gasteiger partial charge on any atom is 0.277 e. The van der Waals surface area contributed by atoms with Crippen molar-refractivity contribution in [3.8, 4) is 0 Å². The Morgan fingerprint density at radius 3 is 2.93 bits per heavy atom. The fourth-order valence-corrected chi connectivity index (χ4v) is 0.965. The predicted molar refractivity (Wildman–Crippen MR) is 52.3 cm³/mol. The summed E-state index contributed by atoms with van der Waals surface area (Å²) in [6.45, 7) is 2.88. The minimum Gasteiger partial charge on any atom is -0.470 e. The molecule has 0 radical (unpaired) electrons. The summed E-state index contributed by atoms with van der Waals surface area (Å²) >= 11 is 0. The average Bonchev–Trinajstić information content (AvgIpc) is 2.26. The lowest BCUT2D eigenvalue weighted by Gasteiger charge is -2.17. The van der Waals surface area contributed by atoms with Gasteiger partial charge >= 0.3 is 0 Å². The molecule has 0 aliphatic carbocycles. The molecule has 0 aromatic rings. The van der Waals surface area contributed by atoms with Crippen molar-refractivity contribution in [1.82, 2.24) is 5.32 Å². The van der Waals surface area contributed by atoms with E-state index in [1.807, 2.05) is 14.0 Å². The Morgan fingerprint density at radius 1 is 1.64 bits per heavy atom. The molecule has 6 heteroatoms. The summed E-state index contributed by atoms with van der Waals surface area (Å²) in [5.41, 5.74) is 0.592. The van der Waals surface area contributed by atoms with Crippen molar-refractivity contribution >= 4 is 11.6 Å². The summed E-state index contributed by atoms with van der Waals surface area (Å²) in [6.07, 6.45) is 0. The molecule has 0 aromatic carbocycles. The largest absolute Gasteiger partial charge is 0.470 e. The minimum atomic E-state index is -0.00426. The molecule has 0 aromatic heterocycles. The van der Waals surface area contributed by atoms with Crippen LogP contribution in [0.5, 0.6) is 0 Å². The zero-order valence-electron chi connectivity index (χ0n) is 8.61. The normalized spacial score (nSPS) is 19.1. The van der Waals surface area contributed by atoms with Crippen LogP contribution in [0.2, 0.25) is 0 Å². The Hall–Kier alpha value is -1.30. The van der Waals surface area contributed by atoms with Crippen LogP contribution < -0.4 is 5.32 Å². The van der Waals surface area contributed by atoms with Gasteiger partial charge in [-0.2, -0.15) is 0 Å². The number of ether oxygens (including phenoxy) is 1. The average molecular weight is 201 g/mol. The van der Waals surface area contributed by atoms with Crippen molar-refractivity contribution in [3.05, 3.63) is 0 Å². The highest BCUT2D eigenvalue weighted by Gasteiger charge is 2.21. The molecule has 0 saturated heterocycles. The summed E-state index contributed by atoms with van der Waals surface area (Å²) in [6, 6.07) is -0.00426. The number of nitrogens with zero attached hydrogens (tertiary/aromatic N) is 2. The topological polar surface area (TPSA) is 64.4 Å². The third kappa shape index (κ3) is 2.59. The van der Waals surface area contributed by atoms with E-state index in [4.69, 9.17) is 14.4 Å². The fourth-order valence-electron chi connectivity index (χ4n) is 0.965. The van der Waals surface area contributed by atoms with Crippen LogP contribution in [0, 0.1) is 0 Å². The van der Waals surface area contributed by atoms with E-state index in [1.54, 1.807) is 0 Å². The molecule has 0 spiro atoms. The molecule has 1 N–H and O–H groups in total. The molecular formula is C8H15N3O3. The van der Waals surface area contributed by atoms with Crippen LogP contribution in [-0.4, -0.2) is 45.0 Å². The van der Waals surface area contributed by atoms with Gasteiger partial charge in [0.1, 0.15) is 13.7 Å². The van der Waals surface area contributed by atoms with E-state index >= 15 is 0 Å². The van der Waals surface area contributed by atoms with Crippen molar-refractivity contribution in [2.75, 3.05) is 27.4 Å². The first-order valence-electron chi connectivity index (χ1n) is 4.41. The standard InChI is InChI=1S/C8H15N3O3/c1-6(9-2)7(10-12-3)8-11-14-5-4-13-8/h6,9H,4-5H2,1-3H3. The van der Waals surface area contributed by atoms with E-state index in [-0.39, 0.29) is 6.04 Å². The zero-order chi connectivity index (χ0) is 10.4. The second-order valence-corrected chi connectivity index (χ2v) is 2.75. The first kappa shape index (κ1) is 10.8. The van der Waals surface area contributed by atoms with Gasteiger partial charge in [0.15, 0.2) is 12.3 Å². The van der Waals surface area contributed by atoms with E-state index in [2.05, 4.69) is 15.6 Å². The molecule has 0 saturated carbocycles. The fraction of sp³-hybridized carbons (Fsp3) is 0.750. The van der Waals surface area contributed by atoms with Crippen LogP contribution in [-0.2, 0) is 14.4 Å². The van der Waals surface area contributed by atoms with Crippen LogP contribution in [0.3, 0.4) is 0 Å². The third-order valence-corrected chi connectivity index (χ3v) is 1.81. The zero-order valence-corrected chi connectivity index (χ0v) is 8.61. The lowest BCUT2D eigenvalue weighted by molar-refractivity contribution is 0.0669. The summed E-state index contributed by atoms with van der Waals surface area (Å²) in [7, 11) is 3.30. The monoisotopic (exact) mass is 201 g/mol. The summed E-state index contributed by atoms with van der Waals surface area (Å²) in [5, 5.41) is 10.6. The highest BCUT2D eigenvalue weighted by molar-refractivity contribution is 6.40. The van der Waals surface area contributed by atoms with E-state index < -0.39 is 0 Å². The van der Waals surface area contributed by atoms with Gasteiger partial charge in [-0.25, -0.2) is 0 Å². The Labute approximate surface area is 82.9 Å². The quantitative estimate of drug-likeness (QED) is 0.512. The van der Waals surface area contributed by atoms with E-state index in [0.29, 0.717) is 24.8 Å². The van der Waals surface area contributed by atoms with E-state index in [1.165, 1.54) is 7.11 Å². The van der Waals surface area contributed by atoms with Crippen LogP contribution in [0.4, 0.5) is 0 Å². The number of hydrogen-bond donors (Lipinski definition) is 1. The van der Waals surface area contributed by atoms with Gasteiger partial charge in [0, 0.05) is 0 Å². The van der Waals surface area contributed by atoms with Crippen molar-refractivity contribution in [2.24, 2.45) is 10.3 Å². The van der Waals surface area contributed by atoms with Gasteiger partial charge in [-0.3, -0.25) is 0 Å². The second-order valence-electron chi connectivity index (χ2n) is 2.75. The van der Waals surface area contributed by atoms with E-state index in [0.717, 1.165) is 0 Å². The first-order chi connectivity index (χ1) is 6.79. The highest BCUT2D eigenvalue weighted by Crippen LogP contribution is 2.00. The smallest absolute Gasteiger partial charge is 0.277 e. The Kier molecular flexibility index (Phi) is 4.18. The minimum absolute atomic E-state index is 0.00426. The Bertz CT molecular complexity index is 240. The third-order valence-electron chi connectivity index (χ3n) is 1.81. The van der Waals surface area contributed by atoms with Crippen molar-refractivity contribution < 1.29 is 14.4 Å². The SMILES string of the molecule is CNC(C)C(=NOC)C1=NOCCO1. The lowest BCUT2D eigenvalue weighted by Crippen LogP contribution is -2.39. The van der Waals surface area contributed by atoms with Crippen molar-refractivity contribution in [2.45, 2.75) is 13.0 Å². The van der Waals surface area contributed by atoms with Crippen molar-refractivity contribution in [1.29, 1.82) is 0 Å². The molecule has 1 atom stereocenters. The van der Waals surface area contributed by atoms with Crippen LogP contribution in [0.15, 0.2) is 10.3 Å². The van der Waals surface area contributed by atoms with Gasteiger partial charge in [0.25, 0.3) is 5.90 Å². The van der Waals surface area contributed by atoms with E-state index in [9.17, 15) is 0 Å². The molecule has 6 nitrogen and oxygen atoms in total. The number of oxime groups is 2. The molecule has 0 fully saturated rings. The Balaban J connectivity index is 2.76. The van der Waals surface area contributed by atoms with Gasteiger partial charge < -0.3 is 19.7 Å². The van der Waals surface area contributed by atoms with Crippen LogP contribution >= 0.6 is 0 Å². The summed E-state index contributed by atoms with van der Waals surface area (Å²) in [4.78, 5) is 9.61. The van der Waals surface area contributed by atoms with Crippen molar-refractivity contribution in [3.63, 3.8) is 0 Å². The molecule has 1 aliphatic heterocycles. The molecule has 1 rings (SSSR count). The van der Waals surface area contributed by atoms with Gasteiger partial charge in [-0.1, -0.05) is 5.16 Å². The maximum atomic E-state index is 5.29. The lowest BCUT2D eigenvalue weighted by atomic mass is 10.2. The molecule has 0 amide bonds. The number of hydrogen-bond acceptors (Lipinski definition) is 6. The molecule has 1 heterocycles. The molecule has 80 valence electrons.